The van der Waals surface area contributed by atoms with Crippen molar-refractivity contribution in [3.8, 4) is 40.2 Å². The molecule has 0 saturated heterocycles. The zero-order chi connectivity index (χ0) is 36.2. The average molecular weight is 707 g/mol. The molecule has 0 N–H and O–H groups in total. The van der Waals surface area contributed by atoms with E-state index in [9.17, 15) is 0 Å². The van der Waals surface area contributed by atoms with E-state index in [1.54, 1.807) is 0 Å². The van der Waals surface area contributed by atoms with Crippen molar-refractivity contribution in [2.24, 2.45) is 0 Å². The Balaban J connectivity index is 1.44. The van der Waals surface area contributed by atoms with Gasteiger partial charge in [0, 0.05) is 5.56 Å². The summed E-state index contributed by atoms with van der Waals surface area (Å²) in [6.45, 7) is 8.64. The minimum absolute atomic E-state index is 0.434. The number of fused-ring (bicyclic) bond motifs is 2. The monoisotopic (exact) mass is 706 g/mol. The first-order chi connectivity index (χ1) is 25.7. The number of rotatable bonds is 26. The molecule has 0 amide bonds. The molecule has 0 aliphatic rings. The van der Waals surface area contributed by atoms with Gasteiger partial charge in [0.1, 0.15) is 0 Å². The van der Waals surface area contributed by atoms with Gasteiger partial charge in [0.05, 0.1) is 25.4 Å². The average Bonchev–Trinajstić information content (AvgIpc) is 3.66. The Morgan fingerprint density at radius 1 is 0.462 bits per heavy atom. The van der Waals surface area contributed by atoms with Crippen molar-refractivity contribution < 1.29 is 18.6 Å². The predicted molar refractivity (Wildman–Crippen MR) is 217 cm³/mol. The van der Waals surface area contributed by atoms with Gasteiger partial charge in [0.2, 0.25) is 17.5 Å². The molecule has 0 bridgehead atoms. The van der Waals surface area contributed by atoms with Crippen LogP contribution in [-0.2, 0) is 0 Å². The highest BCUT2D eigenvalue weighted by Crippen LogP contribution is 2.43. The van der Waals surface area contributed by atoms with Gasteiger partial charge in [-0.3, -0.25) is 0 Å². The SMILES string of the molecule is CCCCCCCCOc1cc(-c2nnc(-c3c4ccccc4cc4ccccc34)o2)cc(OCCCCCCCC)c1OCCCCCCCC. The zero-order valence-electron chi connectivity index (χ0n) is 32.2. The second kappa shape index (κ2) is 22.1. The van der Waals surface area contributed by atoms with Crippen molar-refractivity contribution in [1.82, 2.24) is 10.2 Å². The highest BCUT2D eigenvalue weighted by molar-refractivity contribution is 6.11. The maximum Gasteiger partial charge on any atom is 0.249 e. The van der Waals surface area contributed by atoms with Crippen molar-refractivity contribution in [3.63, 3.8) is 0 Å². The number of nitrogens with zero attached hydrogens (tertiary/aromatic N) is 2. The number of unbranched alkanes of at least 4 members (excludes halogenated alkanes) is 15. The first kappa shape index (κ1) is 39.2. The molecule has 6 heteroatoms. The topological polar surface area (TPSA) is 66.6 Å². The van der Waals surface area contributed by atoms with Crippen LogP contribution in [0.1, 0.15) is 136 Å². The number of ether oxygens (including phenoxy) is 3. The van der Waals surface area contributed by atoms with E-state index >= 15 is 0 Å². The molecule has 0 aliphatic carbocycles. The second-order valence-electron chi connectivity index (χ2n) is 14.3. The third-order valence-corrected chi connectivity index (χ3v) is 9.93. The second-order valence-corrected chi connectivity index (χ2v) is 14.3. The van der Waals surface area contributed by atoms with E-state index in [0.717, 1.165) is 71.2 Å². The van der Waals surface area contributed by atoms with Crippen LogP contribution in [-0.4, -0.2) is 30.0 Å². The van der Waals surface area contributed by atoms with Gasteiger partial charge in [-0.2, -0.15) is 0 Å². The van der Waals surface area contributed by atoms with Crippen molar-refractivity contribution in [2.75, 3.05) is 19.8 Å². The standard InChI is InChI=1S/C46H62N2O4/c1-4-7-10-13-16-23-30-49-41-34-38(35-42(50-31-24-17-14-11-8-5-2)44(41)51-32-25-18-15-12-9-6-3)45-47-48-46(52-45)43-39-28-21-19-26-36(39)33-37-27-20-22-29-40(37)43/h19-22,26-29,33-35H,4-18,23-25,30-32H2,1-3H3. The lowest BCUT2D eigenvalue weighted by molar-refractivity contribution is 0.234. The minimum atomic E-state index is 0.434. The Morgan fingerprint density at radius 3 is 1.38 bits per heavy atom. The molecule has 1 aromatic heterocycles. The predicted octanol–water partition coefficient (Wildman–Crippen LogP) is 13.9. The fourth-order valence-electron chi connectivity index (χ4n) is 6.93. The fraction of sp³-hybridized carbons (Fsp3) is 0.522. The van der Waals surface area contributed by atoms with E-state index in [-0.39, 0.29) is 0 Å². The van der Waals surface area contributed by atoms with Crippen LogP contribution < -0.4 is 14.2 Å². The zero-order valence-corrected chi connectivity index (χ0v) is 32.2. The molecule has 5 rings (SSSR count). The molecule has 1 heterocycles. The molecule has 5 aromatic rings. The molecular weight excluding hydrogens is 645 g/mol. The van der Waals surface area contributed by atoms with Gasteiger partial charge in [-0.15, -0.1) is 10.2 Å². The van der Waals surface area contributed by atoms with Crippen LogP contribution >= 0.6 is 0 Å². The van der Waals surface area contributed by atoms with E-state index in [1.807, 2.05) is 12.1 Å². The Labute approximate surface area is 312 Å². The molecule has 0 spiro atoms. The number of benzene rings is 4. The van der Waals surface area contributed by atoms with E-state index in [4.69, 9.17) is 18.6 Å². The summed E-state index contributed by atoms with van der Waals surface area (Å²) < 4.78 is 26.2. The van der Waals surface area contributed by atoms with Gasteiger partial charge < -0.3 is 18.6 Å². The first-order valence-corrected chi connectivity index (χ1v) is 20.5. The first-order valence-electron chi connectivity index (χ1n) is 20.5. The third kappa shape index (κ3) is 11.5. The van der Waals surface area contributed by atoms with Crippen LogP contribution in [0.15, 0.2) is 71.1 Å². The molecule has 0 atom stereocenters. The van der Waals surface area contributed by atoms with Crippen LogP contribution in [0.3, 0.4) is 0 Å². The van der Waals surface area contributed by atoms with Gasteiger partial charge in [0.25, 0.3) is 0 Å². The van der Waals surface area contributed by atoms with E-state index in [0.29, 0.717) is 48.9 Å². The lowest BCUT2D eigenvalue weighted by Crippen LogP contribution is -2.07. The van der Waals surface area contributed by atoms with Crippen LogP contribution in [0.4, 0.5) is 0 Å². The van der Waals surface area contributed by atoms with Gasteiger partial charge in [0.15, 0.2) is 11.5 Å². The summed E-state index contributed by atoms with van der Waals surface area (Å²) in [5, 5.41) is 13.7. The van der Waals surface area contributed by atoms with Gasteiger partial charge >= 0.3 is 0 Å². The Kier molecular flexibility index (Phi) is 16.6. The summed E-state index contributed by atoms with van der Waals surface area (Å²) in [6.07, 6.45) is 21.6. The summed E-state index contributed by atoms with van der Waals surface area (Å²) in [5.41, 5.74) is 1.72. The van der Waals surface area contributed by atoms with Crippen LogP contribution in [0.2, 0.25) is 0 Å². The molecule has 280 valence electrons. The number of hydrogen-bond donors (Lipinski definition) is 0. The maximum absolute atomic E-state index is 6.55. The summed E-state index contributed by atoms with van der Waals surface area (Å²) in [6, 6.07) is 23.0. The Bertz CT molecular complexity index is 1670. The van der Waals surface area contributed by atoms with Crippen molar-refractivity contribution in [3.05, 3.63) is 66.7 Å². The van der Waals surface area contributed by atoms with Crippen molar-refractivity contribution >= 4 is 21.5 Å². The molecule has 0 fully saturated rings. The van der Waals surface area contributed by atoms with Crippen LogP contribution in [0, 0.1) is 0 Å². The largest absolute Gasteiger partial charge is 0.490 e. The van der Waals surface area contributed by atoms with Crippen molar-refractivity contribution in [2.45, 2.75) is 136 Å². The van der Waals surface area contributed by atoms with E-state index in [2.05, 4.69) is 85.6 Å². The number of hydrogen-bond acceptors (Lipinski definition) is 6. The molecule has 0 radical (unpaired) electrons. The Hall–Kier alpha value is -4.06. The van der Waals surface area contributed by atoms with Gasteiger partial charge in [-0.25, -0.2) is 0 Å². The van der Waals surface area contributed by atoms with Crippen LogP contribution in [0.5, 0.6) is 17.2 Å². The van der Waals surface area contributed by atoms with E-state index < -0.39 is 0 Å². The lowest BCUT2D eigenvalue weighted by atomic mass is 9.97. The third-order valence-electron chi connectivity index (χ3n) is 9.93. The molecule has 4 aromatic carbocycles. The molecule has 0 unspecified atom stereocenters. The van der Waals surface area contributed by atoms with Crippen molar-refractivity contribution in [1.29, 1.82) is 0 Å². The normalized spacial score (nSPS) is 11.4. The smallest absolute Gasteiger partial charge is 0.249 e. The highest BCUT2D eigenvalue weighted by Gasteiger charge is 2.22. The summed E-state index contributed by atoms with van der Waals surface area (Å²) in [4.78, 5) is 0. The van der Waals surface area contributed by atoms with E-state index in [1.165, 1.54) is 77.0 Å². The summed E-state index contributed by atoms with van der Waals surface area (Å²) in [5.74, 6) is 2.99. The molecule has 0 aliphatic heterocycles. The minimum Gasteiger partial charge on any atom is -0.490 e. The molecule has 52 heavy (non-hydrogen) atoms. The maximum atomic E-state index is 6.55. The molecular formula is C46H62N2O4. The van der Waals surface area contributed by atoms with Crippen LogP contribution in [0.25, 0.3) is 44.5 Å². The number of aromatic nitrogens is 2. The molecule has 6 nitrogen and oxygen atoms in total. The summed E-state index contributed by atoms with van der Waals surface area (Å²) >= 11 is 0. The Morgan fingerprint density at radius 2 is 0.885 bits per heavy atom. The molecule has 0 saturated carbocycles. The lowest BCUT2D eigenvalue weighted by Gasteiger charge is -2.18. The highest BCUT2D eigenvalue weighted by atomic mass is 16.5. The van der Waals surface area contributed by atoms with Gasteiger partial charge in [-0.1, -0.05) is 166 Å². The van der Waals surface area contributed by atoms with Gasteiger partial charge in [-0.05, 0) is 59.0 Å². The fourth-order valence-corrected chi connectivity index (χ4v) is 6.93. The summed E-state index contributed by atoms with van der Waals surface area (Å²) in [7, 11) is 0. The quantitative estimate of drug-likeness (QED) is 0.0421.